The summed E-state index contributed by atoms with van der Waals surface area (Å²) in [5.41, 5.74) is 9.23. The lowest BCUT2D eigenvalue weighted by Crippen LogP contribution is -2.25. The second kappa shape index (κ2) is 8.10. The number of aromatic nitrogens is 4. The number of pyridine rings is 1. The van der Waals surface area contributed by atoms with Gasteiger partial charge in [-0.05, 0) is 32.8 Å². The standard InChI is InChI=1S/C19H23N7O2/c1-12-13(2)24-26-16(20)15(21-3)17(23-18(12)26)22-8-7-14-6-4-9-25(19(14)28)10-5-11-27/h4,6,9,27H,5,7-8,10-11,20H2,1-2H3,(H,22,23). The van der Waals surface area contributed by atoms with E-state index in [9.17, 15) is 4.79 Å². The summed E-state index contributed by atoms with van der Waals surface area (Å²) in [6.45, 7) is 12.2. The molecule has 3 aromatic heterocycles. The van der Waals surface area contributed by atoms with Crippen molar-refractivity contribution in [1.29, 1.82) is 0 Å². The van der Waals surface area contributed by atoms with Gasteiger partial charge in [0.2, 0.25) is 0 Å². The fraction of sp³-hybridized carbons (Fsp3) is 0.368. The number of nitrogens with one attached hydrogen (secondary N) is 1. The van der Waals surface area contributed by atoms with Gasteiger partial charge in [-0.2, -0.15) is 5.10 Å². The minimum absolute atomic E-state index is 0.0423. The minimum Gasteiger partial charge on any atom is -0.396 e. The van der Waals surface area contributed by atoms with E-state index in [1.54, 1.807) is 16.8 Å². The maximum atomic E-state index is 12.5. The molecule has 0 aliphatic heterocycles. The summed E-state index contributed by atoms with van der Waals surface area (Å²) in [5, 5.41) is 16.4. The van der Waals surface area contributed by atoms with Crippen LogP contribution in [0.3, 0.4) is 0 Å². The van der Waals surface area contributed by atoms with Crippen LogP contribution in [0.5, 0.6) is 0 Å². The first-order chi connectivity index (χ1) is 13.5. The lowest BCUT2D eigenvalue weighted by molar-refractivity contribution is 0.279. The van der Waals surface area contributed by atoms with Crippen molar-refractivity contribution in [1.82, 2.24) is 19.2 Å². The quantitative estimate of drug-likeness (QED) is 0.537. The van der Waals surface area contributed by atoms with Crippen LogP contribution in [0.4, 0.5) is 17.3 Å². The normalized spacial score (nSPS) is 10.9. The molecule has 146 valence electrons. The Morgan fingerprint density at radius 3 is 2.89 bits per heavy atom. The van der Waals surface area contributed by atoms with Crippen LogP contribution in [0.25, 0.3) is 10.5 Å². The SMILES string of the molecule is [C-]#[N+]c1c(NCCc2cccn(CCCO)c2=O)nc2c(C)c(C)nn2c1N. The number of hydrogen-bond acceptors (Lipinski definition) is 6. The zero-order valence-corrected chi connectivity index (χ0v) is 15.9. The zero-order chi connectivity index (χ0) is 20.3. The van der Waals surface area contributed by atoms with Crippen molar-refractivity contribution in [2.75, 3.05) is 24.2 Å². The number of aryl methyl sites for hydroxylation is 3. The predicted octanol–water partition coefficient (Wildman–Crippen LogP) is 1.68. The molecule has 3 rings (SSSR count). The summed E-state index contributed by atoms with van der Waals surface area (Å²) in [6.07, 6.45) is 2.72. The molecule has 0 aliphatic rings. The monoisotopic (exact) mass is 381 g/mol. The smallest absolute Gasteiger partial charge is 0.268 e. The topological polar surface area (TPSA) is 115 Å². The van der Waals surface area contributed by atoms with Crippen molar-refractivity contribution in [3.05, 3.63) is 56.9 Å². The van der Waals surface area contributed by atoms with Gasteiger partial charge in [0.25, 0.3) is 11.2 Å². The molecule has 28 heavy (non-hydrogen) atoms. The van der Waals surface area contributed by atoms with Gasteiger partial charge in [0.05, 0.1) is 12.3 Å². The highest BCUT2D eigenvalue weighted by Gasteiger charge is 2.17. The Morgan fingerprint density at radius 1 is 1.39 bits per heavy atom. The number of aliphatic hydroxyl groups excluding tert-OH is 1. The molecule has 0 saturated carbocycles. The van der Waals surface area contributed by atoms with Gasteiger partial charge in [-0.3, -0.25) is 4.79 Å². The molecule has 0 atom stereocenters. The van der Waals surface area contributed by atoms with Crippen molar-refractivity contribution in [3.8, 4) is 0 Å². The molecule has 0 fully saturated rings. The highest BCUT2D eigenvalue weighted by Crippen LogP contribution is 2.32. The first kappa shape index (κ1) is 19.4. The van der Waals surface area contributed by atoms with Crippen molar-refractivity contribution >= 4 is 23.0 Å². The molecule has 4 N–H and O–H groups in total. The maximum absolute atomic E-state index is 12.5. The number of rotatable bonds is 7. The molecule has 3 heterocycles. The highest BCUT2D eigenvalue weighted by atomic mass is 16.3. The molecule has 0 unspecified atom stereocenters. The second-order valence-corrected chi connectivity index (χ2v) is 6.54. The number of nitrogens with zero attached hydrogens (tertiary/aromatic N) is 5. The van der Waals surface area contributed by atoms with E-state index >= 15 is 0 Å². The van der Waals surface area contributed by atoms with Gasteiger partial charge in [-0.15, -0.1) is 0 Å². The van der Waals surface area contributed by atoms with E-state index in [0.717, 1.165) is 11.3 Å². The predicted molar refractivity (Wildman–Crippen MR) is 108 cm³/mol. The zero-order valence-electron chi connectivity index (χ0n) is 15.9. The van der Waals surface area contributed by atoms with Gasteiger partial charge in [0.15, 0.2) is 5.65 Å². The minimum atomic E-state index is -0.0756. The van der Waals surface area contributed by atoms with Crippen molar-refractivity contribution in [2.45, 2.75) is 33.2 Å². The van der Waals surface area contributed by atoms with E-state index in [4.69, 9.17) is 17.4 Å². The van der Waals surface area contributed by atoms with Crippen LogP contribution in [-0.4, -0.2) is 37.4 Å². The number of hydrogen-bond donors (Lipinski definition) is 3. The fourth-order valence-electron chi connectivity index (χ4n) is 3.02. The van der Waals surface area contributed by atoms with Crippen molar-refractivity contribution in [2.24, 2.45) is 0 Å². The van der Waals surface area contributed by atoms with E-state index in [-0.39, 0.29) is 23.7 Å². The third kappa shape index (κ3) is 3.54. The Morgan fingerprint density at radius 2 is 2.18 bits per heavy atom. The van der Waals surface area contributed by atoms with Gasteiger partial charge in [0.1, 0.15) is 11.6 Å². The molecule has 0 radical (unpaired) electrons. The molecular formula is C19H23N7O2. The van der Waals surface area contributed by atoms with Crippen LogP contribution in [0.2, 0.25) is 0 Å². The van der Waals surface area contributed by atoms with Gasteiger partial charge < -0.3 is 20.7 Å². The molecule has 9 heteroatoms. The van der Waals surface area contributed by atoms with Crippen LogP contribution in [-0.2, 0) is 13.0 Å². The van der Waals surface area contributed by atoms with Crippen LogP contribution in [0, 0.1) is 20.4 Å². The van der Waals surface area contributed by atoms with Crippen LogP contribution >= 0.6 is 0 Å². The van der Waals surface area contributed by atoms with E-state index in [1.165, 1.54) is 4.52 Å². The Bertz CT molecular complexity index is 1110. The van der Waals surface area contributed by atoms with E-state index in [0.29, 0.717) is 43.0 Å². The molecule has 0 aliphatic carbocycles. The summed E-state index contributed by atoms with van der Waals surface area (Å²) < 4.78 is 3.08. The van der Waals surface area contributed by atoms with E-state index in [1.807, 2.05) is 19.9 Å². The van der Waals surface area contributed by atoms with Gasteiger partial charge in [-0.1, -0.05) is 6.07 Å². The van der Waals surface area contributed by atoms with Gasteiger partial charge >= 0.3 is 0 Å². The molecule has 0 bridgehead atoms. The average Bonchev–Trinajstić information content (AvgIpc) is 2.97. The number of anilines is 2. The van der Waals surface area contributed by atoms with Crippen molar-refractivity contribution < 1.29 is 5.11 Å². The first-order valence-corrected chi connectivity index (χ1v) is 9.03. The molecule has 3 aromatic rings. The number of nitrogen functional groups attached to an aromatic ring is 1. The van der Waals surface area contributed by atoms with Crippen LogP contribution in [0.15, 0.2) is 23.1 Å². The Kier molecular flexibility index (Phi) is 5.61. The molecule has 9 nitrogen and oxygen atoms in total. The summed E-state index contributed by atoms with van der Waals surface area (Å²) in [5.74, 6) is 0.629. The Balaban J connectivity index is 1.82. The second-order valence-electron chi connectivity index (χ2n) is 6.54. The Hall–Kier alpha value is -3.38. The Labute approximate surface area is 162 Å². The summed E-state index contributed by atoms with van der Waals surface area (Å²) in [6, 6.07) is 3.60. The molecule has 0 amide bonds. The number of aliphatic hydroxyl groups is 1. The average molecular weight is 381 g/mol. The van der Waals surface area contributed by atoms with E-state index < -0.39 is 0 Å². The fourth-order valence-corrected chi connectivity index (χ4v) is 3.02. The summed E-state index contributed by atoms with van der Waals surface area (Å²) >= 11 is 0. The van der Waals surface area contributed by atoms with Crippen LogP contribution < -0.4 is 16.6 Å². The number of fused-ring (bicyclic) bond motifs is 1. The maximum Gasteiger partial charge on any atom is 0.268 e. The lowest BCUT2D eigenvalue weighted by atomic mass is 10.2. The van der Waals surface area contributed by atoms with E-state index in [2.05, 4.69) is 20.2 Å². The largest absolute Gasteiger partial charge is 0.396 e. The third-order valence-electron chi connectivity index (χ3n) is 4.70. The van der Waals surface area contributed by atoms with Crippen molar-refractivity contribution in [3.63, 3.8) is 0 Å². The van der Waals surface area contributed by atoms with Crippen LogP contribution in [0.1, 0.15) is 23.2 Å². The molecule has 0 spiro atoms. The third-order valence-corrected chi connectivity index (χ3v) is 4.70. The first-order valence-electron chi connectivity index (χ1n) is 9.03. The highest BCUT2D eigenvalue weighted by molar-refractivity contribution is 5.80. The van der Waals surface area contributed by atoms with Gasteiger partial charge in [0, 0.05) is 37.0 Å². The number of nitrogens with two attached hydrogens (primary N) is 1. The molecular weight excluding hydrogens is 358 g/mol. The molecule has 0 aromatic carbocycles. The van der Waals surface area contributed by atoms with Gasteiger partial charge in [-0.25, -0.2) is 14.3 Å². The summed E-state index contributed by atoms with van der Waals surface area (Å²) in [4.78, 5) is 20.5. The lowest BCUT2D eigenvalue weighted by Gasteiger charge is -2.11. The molecule has 0 saturated heterocycles. The summed E-state index contributed by atoms with van der Waals surface area (Å²) in [7, 11) is 0.